The first-order valence-corrected chi connectivity index (χ1v) is 8.14. The van der Waals surface area contributed by atoms with Crippen molar-refractivity contribution in [3.05, 3.63) is 35.9 Å². The van der Waals surface area contributed by atoms with Gasteiger partial charge in [-0.05, 0) is 24.2 Å². The smallest absolute Gasteiger partial charge is 0.123 e. The summed E-state index contributed by atoms with van der Waals surface area (Å²) in [6.45, 7) is 4.53. The predicted molar refractivity (Wildman–Crippen MR) is 70.7 cm³/mol. The van der Waals surface area contributed by atoms with Crippen LogP contribution >= 0.6 is 0 Å². The lowest BCUT2D eigenvalue weighted by atomic mass is 10.2. The van der Waals surface area contributed by atoms with Gasteiger partial charge in [0.2, 0.25) is 0 Å². The van der Waals surface area contributed by atoms with E-state index >= 15 is 0 Å². The molecule has 0 N–H and O–H groups in total. The molecule has 0 spiro atoms. The molecule has 0 saturated carbocycles. The third-order valence-corrected chi connectivity index (χ3v) is 5.57. The Labute approximate surface area is 95.3 Å². The minimum atomic E-state index is -0.765. The maximum Gasteiger partial charge on any atom is 0.123 e. The van der Waals surface area contributed by atoms with Gasteiger partial charge in [-0.1, -0.05) is 50.8 Å². The SMILES string of the molecule is CCC[SiH](C#Cc1ccccc1)CCC. The first kappa shape index (κ1) is 12.1. The highest BCUT2D eigenvalue weighted by Gasteiger charge is 2.03. The Morgan fingerprint density at radius 1 is 1.00 bits per heavy atom. The Hall–Kier alpha value is -1.00. The van der Waals surface area contributed by atoms with Gasteiger partial charge in [-0.15, -0.1) is 5.54 Å². The van der Waals surface area contributed by atoms with E-state index in [9.17, 15) is 0 Å². The Bertz CT molecular complexity index is 312. The van der Waals surface area contributed by atoms with E-state index in [2.05, 4.69) is 49.6 Å². The van der Waals surface area contributed by atoms with E-state index in [4.69, 9.17) is 0 Å². The van der Waals surface area contributed by atoms with Crippen LogP contribution in [0.5, 0.6) is 0 Å². The van der Waals surface area contributed by atoms with Crippen molar-refractivity contribution in [2.45, 2.75) is 38.8 Å². The second-order valence-corrected chi connectivity index (χ2v) is 6.75. The van der Waals surface area contributed by atoms with Gasteiger partial charge in [0.1, 0.15) is 8.80 Å². The molecule has 0 unspecified atom stereocenters. The van der Waals surface area contributed by atoms with E-state index in [1.807, 2.05) is 6.07 Å². The molecule has 0 aliphatic heterocycles. The third kappa shape index (κ3) is 4.85. The zero-order chi connectivity index (χ0) is 10.9. The Morgan fingerprint density at radius 2 is 1.60 bits per heavy atom. The molecule has 0 atom stereocenters. The second-order valence-electron chi connectivity index (χ2n) is 3.91. The standard InChI is InChI=1S/C14H20Si/c1-3-11-15(12-4-2)13-10-14-8-6-5-7-9-14/h5-9,15H,3-4,11-12H2,1-2H3. The van der Waals surface area contributed by atoms with E-state index in [1.165, 1.54) is 30.5 Å². The molecule has 0 aliphatic carbocycles. The van der Waals surface area contributed by atoms with E-state index in [1.54, 1.807) is 0 Å². The molecule has 1 heteroatoms. The number of hydrogen-bond acceptors (Lipinski definition) is 0. The molecule has 0 aliphatic rings. The molecule has 0 aromatic heterocycles. The normalized spacial score (nSPS) is 9.80. The van der Waals surface area contributed by atoms with Crippen molar-refractivity contribution in [3.8, 4) is 11.5 Å². The fourth-order valence-corrected chi connectivity index (χ4v) is 4.03. The highest BCUT2D eigenvalue weighted by atomic mass is 28.3. The third-order valence-electron chi connectivity index (χ3n) is 2.47. The quantitative estimate of drug-likeness (QED) is 0.532. The number of rotatable bonds is 4. The van der Waals surface area contributed by atoms with Crippen LogP contribution in [0.4, 0.5) is 0 Å². The lowest BCUT2D eigenvalue weighted by molar-refractivity contribution is 1.01. The molecule has 1 rings (SSSR count). The highest BCUT2D eigenvalue weighted by Crippen LogP contribution is 2.05. The first-order valence-electron chi connectivity index (χ1n) is 5.93. The van der Waals surface area contributed by atoms with Crippen LogP contribution in [0.1, 0.15) is 32.3 Å². The summed E-state index contributed by atoms with van der Waals surface area (Å²) in [5.74, 6) is 3.33. The summed E-state index contributed by atoms with van der Waals surface area (Å²) in [7, 11) is -0.765. The summed E-state index contributed by atoms with van der Waals surface area (Å²) in [4.78, 5) is 0. The average molecular weight is 216 g/mol. The van der Waals surface area contributed by atoms with Crippen molar-refractivity contribution < 1.29 is 0 Å². The van der Waals surface area contributed by atoms with Gasteiger partial charge in [0.15, 0.2) is 0 Å². The monoisotopic (exact) mass is 216 g/mol. The molecular formula is C14H20Si. The van der Waals surface area contributed by atoms with E-state index in [0.717, 1.165) is 0 Å². The van der Waals surface area contributed by atoms with Crippen LogP contribution in [0.2, 0.25) is 12.1 Å². The number of hydrogen-bond donors (Lipinski definition) is 0. The first-order chi connectivity index (χ1) is 7.36. The van der Waals surface area contributed by atoms with Crippen molar-refractivity contribution in [3.63, 3.8) is 0 Å². The van der Waals surface area contributed by atoms with Crippen LogP contribution < -0.4 is 0 Å². The molecule has 0 heterocycles. The second kappa shape index (κ2) is 7.31. The van der Waals surface area contributed by atoms with Gasteiger partial charge >= 0.3 is 0 Å². The van der Waals surface area contributed by atoms with Gasteiger partial charge in [0.25, 0.3) is 0 Å². The summed E-state index contributed by atoms with van der Waals surface area (Å²) < 4.78 is 0. The molecule has 0 bridgehead atoms. The van der Waals surface area contributed by atoms with Crippen molar-refractivity contribution in [1.29, 1.82) is 0 Å². The van der Waals surface area contributed by atoms with Gasteiger partial charge in [-0.3, -0.25) is 0 Å². The lowest BCUT2D eigenvalue weighted by Crippen LogP contribution is -2.08. The predicted octanol–water partition coefficient (Wildman–Crippen LogP) is 3.62. The molecule has 15 heavy (non-hydrogen) atoms. The fraction of sp³-hybridized carbons (Fsp3) is 0.429. The van der Waals surface area contributed by atoms with Crippen LogP contribution in [0, 0.1) is 11.5 Å². The Morgan fingerprint density at radius 3 is 2.13 bits per heavy atom. The Kier molecular flexibility index (Phi) is 5.88. The van der Waals surface area contributed by atoms with Crippen molar-refractivity contribution in [2.24, 2.45) is 0 Å². The van der Waals surface area contributed by atoms with E-state index in [0.29, 0.717) is 0 Å². The zero-order valence-electron chi connectivity index (χ0n) is 9.79. The molecule has 0 nitrogen and oxygen atoms in total. The minimum Gasteiger partial charge on any atom is -0.130 e. The fourth-order valence-electron chi connectivity index (χ4n) is 1.69. The summed E-state index contributed by atoms with van der Waals surface area (Å²) in [6.07, 6.45) is 2.58. The molecular weight excluding hydrogens is 196 g/mol. The average Bonchev–Trinajstić information content (AvgIpc) is 2.28. The van der Waals surface area contributed by atoms with Gasteiger partial charge in [0.05, 0.1) is 0 Å². The molecule has 0 saturated heterocycles. The van der Waals surface area contributed by atoms with Crippen molar-refractivity contribution in [2.75, 3.05) is 0 Å². The van der Waals surface area contributed by atoms with Crippen molar-refractivity contribution >= 4 is 8.80 Å². The van der Waals surface area contributed by atoms with Gasteiger partial charge in [0, 0.05) is 5.56 Å². The molecule has 80 valence electrons. The lowest BCUT2D eigenvalue weighted by Gasteiger charge is -2.03. The van der Waals surface area contributed by atoms with Gasteiger partial charge in [-0.2, -0.15) is 0 Å². The topological polar surface area (TPSA) is 0 Å². The Balaban J connectivity index is 2.60. The molecule has 1 aromatic carbocycles. The highest BCUT2D eigenvalue weighted by molar-refractivity contribution is 6.67. The molecule has 0 radical (unpaired) electrons. The van der Waals surface area contributed by atoms with Crippen LogP contribution in [-0.4, -0.2) is 8.80 Å². The largest absolute Gasteiger partial charge is 0.130 e. The van der Waals surface area contributed by atoms with Crippen molar-refractivity contribution in [1.82, 2.24) is 0 Å². The van der Waals surface area contributed by atoms with Crippen LogP contribution in [0.3, 0.4) is 0 Å². The summed E-state index contributed by atoms with van der Waals surface area (Å²) in [5.41, 5.74) is 4.70. The van der Waals surface area contributed by atoms with E-state index < -0.39 is 8.80 Å². The molecule has 0 amide bonds. The summed E-state index contributed by atoms with van der Waals surface area (Å²) >= 11 is 0. The van der Waals surface area contributed by atoms with Crippen LogP contribution in [0.15, 0.2) is 30.3 Å². The van der Waals surface area contributed by atoms with Crippen LogP contribution in [-0.2, 0) is 0 Å². The maximum atomic E-state index is 3.53. The zero-order valence-corrected chi connectivity index (χ0v) is 10.9. The number of benzene rings is 1. The molecule has 1 aromatic rings. The summed E-state index contributed by atoms with van der Waals surface area (Å²) in [6, 6.07) is 13.1. The van der Waals surface area contributed by atoms with E-state index in [-0.39, 0.29) is 0 Å². The maximum absolute atomic E-state index is 3.53. The van der Waals surface area contributed by atoms with Gasteiger partial charge in [-0.25, -0.2) is 0 Å². The van der Waals surface area contributed by atoms with Gasteiger partial charge < -0.3 is 0 Å². The minimum absolute atomic E-state index is 0.765. The summed E-state index contributed by atoms with van der Waals surface area (Å²) in [5, 5.41) is 0. The van der Waals surface area contributed by atoms with Crippen LogP contribution in [0.25, 0.3) is 0 Å². The molecule has 0 fully saturated rings.